The SMILES string of the molecule is CC(C)C1(C(=O)O)CCN(C(=O)C2(C)CCNCC2)C1. The third-order valence-corrected chi connectivity index (χ3v) is 5.34. The Balaban J connectivity index is 2.12. The van der Waals surface area contributed by atoms with E-state index < -0.39 is 11.4 Å². The highest BCUT2D eigenvalue weighted by Crippen LogP contribution is 2.41. The van der Waals surface area contributed by atoms with Gasteiger partial charge in [0.1, 0.15) is 0 Å². The molecular weight excluding hydrogens is 256 g/mol. The number of nitrogens with zero attached hydrogens (tertiary/aromatic N) is 1. The minimum atomic E-state index is -0.765. The summed E-state index contributed by atoms with van der Waals surface area (Å²) in [5, 5.41) is 12.8. The molecule has 1 amide bonds. The summed E-state index contributed by atoms with van der Waals surface area (Å²) in [6, 6.07) is 0. The van der Waals surface area contributed by atoms with Crippen LogP contribution in [0.25, 0.3) is 0 Å². The number of carboxylic acid groups (broad SMARTS) is 1. The number of hydrogen-bond donors (Lipinski definition) is 2. The van der Waals surface area contributed by atoms with E-state index in [1.54, 1.807) is 4.90 Å². The summed E-state index contributed by atoms with van der Waals surface area (Å²) in [4.78, 5) is 26.2. The highest BCUT2D eigenvalue weighted by molar-refractivity contribution is 5.85. The molecule has 2 heterocycles. The van der Waals surface area contributed by atoms with Gasteiger partial charge in [0.25, 0.3) is 0 Å². The number of amides is 1. The van der Waals surface area contributed by atoms with Gasteiger partial charge in [0.2, 0.25) is 5.91 Å². The van der Waals surface area contributed by atoms with E-state index in [4.69, 9.17) is 0 Å². The second-order valence-electron chi connectivity index (χ2n) is 6.90. The first kappa shape index (κ1) is 15.3. The van der Waals surface area contributed by atoms with Crippen molar-refractivity contribution in [2.45, 2.75) is 40.0 Å². The van der Waals surface area contributed by atoms with Crippen LogP contribution in [-0.4, -0.2) is 48.1 Å². The molecule has 0 bridgehead atoms. The van der Waals surface area contributed by atoms with Gasteiger partial charge in [0, 0.05) is 18.5 Å². The fourth-order valence-electron chi connectivity index (χ4n) is 3.47. The lowest BCUT2D eigenvalue weighted by Crippen LogP contribution is -2.48. The molecule has 0 saturated carbocycles. The zero-order valence-electron chi connectivity index (χ0n) is 12.7. The second-order valence-corrected chi connectivity index (χ2v) is 6.90. The van der Waals surface area contributed by atoms with Crippen LogP contribution < -0.4 is 5.32 Å². The van der Waals surface area contributed by atoms with Gasteiger partial charge in [0.05, 0.1) is 5.41 Å². The van der Waals surface area contributed by atoms with E-state index >= 15 is 0 Å². The fraction of sp³-hybridized carbons (Fsp3) is 0.867. The standard InChI is InChI=1S/C15H26N2O3/c1-11(2)15(13(19)20)6-9-17(10-15)12(18)14(3)4-7-16-8-5-14/h11,16H,4-10H2,1-3H3,(H,19,20). The van der Waals surface area contributed by atoms with Crippen molar-refractivity contribution in [3.63, 3.8) is 0 Å². The molecule has 2 rings (SSSR count). The largest absolute Gasteiger partial charge is 0.481 e. The normalized spacial score (nSPS) is 29.7. The Bertz CT molecular complexity index is 402. The Kier molecular flexibility index (Phi) is 4.09. The molecule has 1 atom stereocenters. The molecule has 5 nitrogen and oxygen atoms in total. The maximum absolute atomic E-state index is 12.8. The Morgan fingerprint density at radius 1 is 1.20 bits per heavy atom. The van der Waals surface area contributed by atoms with E-state index in [1.165, 1.54) is 0 Å². The van der Waals surface area contributed by atoms with E-state index in [1.807, 2.05) is 20.8 Å². The molecule has 20 heavy (non-hydrogen) atoms. The summed E-state index contributed by atoms with van der Waals surface area (Å²) in [6.07, 6.45) is 2.24. The topological polar surface area (TPSA) is 69.6 Å². The zero-order valence-corrected chi connectivity index (χ0v) is 12.7. The summed E-state index contributed by atoms with van der Waals surface area (Å²) in [7, 11) is 0. The van der Waals surface area contributed by atoms with Gasteiger partial charge in [-0.2, -0.15) is 0 Å². The number of carboxylic acids is 1. The molecule has 0 aromatic carbocycles. The van der Waals surface area contributed by atoms with Crippen molar-refractivity contribution in [1.82, 2.24) is 10.2 Å². The number of carbonyl (C=O) groups excluding carboxylic acids is 1. The molecule has 0 aromatic rings. The lowest BCUT2D eigenvalue weighted by molar-refractivity contribution is -0.152. The Hall–Kier alpha value is -1.10. The number of likely N-dealkylation sites (tertiary alicyclic amines) is 1. The van der Waals surface area contributed by atoms with Crippen LogP contribution in [0.3, 0.4) is 0 Å². The van der Waals surface area contributed by atoms with Gasteiger partial charge in [-0.15, -0.1) is 0 Å². The summed E-state index contributed by atoms with van der Waals surface area (Å²) in [5.41, 5.74) is -1.09. The predicted octanol–water partition coefficient (Wildman–Crippen LogP) is 1.34. The van der Waals surface area contributed by atoms with Crippen molar-refractivity contribution in [1.29, 1.82) is 0 Å². The van der Waals surface area contributed by atoms with E-state index in [2.05, 4.69) is 5.32 Å². The molecule has 2 saturated heterocycles. The number of aliphatic carboxylic acids is 1. The van der Waals surface area contributed by atoms with Gasteiger partial charge in [0.15, 0.2) is 0 Å². The smallest absolute Gasteiger partial charge is 0.311 e. The number of hydrogen-bond acceptors (Lipinski definition) is 3. The highest BCUT2D eigenvalue weighted by Gasteiger charge is 2.50. The third-order valence-electron chi connectivity index (χ3n) is 5.34. The van der Waals surface area contributed by atoms with Crippen LogP contribution in [0.5, 0.6) is 0 Å². The minimum absolute atomic E-state index is 0.0404. The Morgan fingerprint density at radius 2 is 1.80 bits per heavy atom. The fourth-order valence-corrected chi connectivity index (χ4v) is 3.47. The van der Waals surface area contributed by atoms with Crippen molar-refractivity contribution < 1.29 is 14.7 Å². The third kappa shape index (κ3) is 2.43. The average Bonchev–Trinajstić information content (AvgIpc) is 2.85. The second kappa shape index (κ2) is 5.35. The van der Waals surface area contributed by atoms with Crippen LogP contribution in [0.4, 0.5) is 0 Å². The van der Waals surface area contributed by atoms with Crippen molar-refractivity contribution >= 4 is 11.9 Å². The molecule has 114 valence electrons. The quantitative estimate of drug-likeness (QED) is 0.819. The average molecular weight is 282 g/mol. The van der Waals surface area contributed by atoms with Crippen LogP contribution in [-0.2, 0) is 9.59 Å². The monoisotopic (exact) mass is 282 g/mol. The van der Waals surface area contributed by atoms with Crippen molar-refractivity contribution in [3.05, 3.63) is 0 Å². The van der Waals surface area contributed by atoms with Crippen LogP contribution in [0.1, 0.15) is 40.0 Å². The van der Waals surface area contributed by atoms with Gasteiger partial charge in [-0.3, -0.25) is 9.59 Å². The first-order valence-corrected chi connectivity index (χ1v) is 7.55. The first-order valence-electron chi connectivity index (χ1n) is 7.55. The Morgan fingerprint density at radius 3 is 2.25 bits per heavy atom. The predicted molar refractivity (Wildman–Crippen MR) is 76.3 cm³/mol. The number of carbonyl (C=O) groups is 2. The van der Waals surface area contributed by atoms with Gasteiger partial charge >= 0.3 is 5.97 Å². The molecule has 2 aliphatic heterocycles. The van der Waals surface area contributed by atoms with E-state index in [0.29, 0.717) is 19.5 Å². The van der Waals surface area contributed by atoms with Crippen LogP contribution in [0, 0.1) is 16.7 Å². The van der Waals surface area contributed by atoms with Crippen molar-refractivity contribution in [2.75, 3.05) is 26.2 Å². The molecule has 2 N–H and O–H groups in total. The van der Waals surface area contributed by atoms with E-state index in [0.717, 1.165) is 25.9 Å². The molecule has 0 radical (unpaired) electrons. The van der Waals surface area contributed by atoms with Crippen molar-refractivity contribution in [3.8, 4) is 0 Å². The lowest BCUT2D eigenvalue weighted by atomic mass is 9.76. The maximum atomic E-state index is 12.8. The van der Waals surface area contributed by atoms with Gasteiger partial charge in [-0.1, -0.05) is 20.8 Å². The number of nitrogens with one attached hydrogen (secondary N) is 1. The maximum Gasteiger partial charge on any atom is 0.311 e. The first-order chi connectivity index (χ1) is 9.32. The molecule has 1 unspecified atom stereocenters. The van der Waals surface area contributed by atoms with Crippen LogP contribution in [0.2, 0.25) is 0 Å². The lowest BCUT2D eigenvalue weighted by Gasteiger charge is -2.37. The van der Waals surface area contributed by atoms with Gasteiger partial charge in [-0.25, -0.2) is 0 Å². The molecule has 0 aromatic heterocycles. The summed E-state index contributed by atoms with van der Waals surface area (Å²) in [5.74, 6) is -0.584. The summed E-state index contributed by atoms with van der Waals surface area (Å²) in [6.45, 7) is 8.57. The molecular formula is C15H26N2O3. The summed E-state index contributed by atoms with van der Waals surface area (Å²) < 4.78 is 0. The van der Waals surface area contributed by atoms with E-state index in [-0.39, 0.29) is 17.2 Å². The molecule has 0 spiro atoms. The van der Waals surface area contributed by atoms with Crippen LogP contribution >= 0.6 is 0 Å². The summed E-state index contributed by atoms with van der Waals surface area (Å²) >= 11 is 0. The highest BCUT2D eigenvalue weighted by atomic mass is 16.4. The van der Waals surface area contributed by atoms with Gasteiger partial charge in [-0.05, 0) is 38.3 Å². The molecule has 2 fully saturated rings. The molecule has 2 aliphatic rings. The molecule has 5 heteroatoms. The van der Waals surface area contributed by atoms with Crippen molar-refractivity contribution in [2.24, 2.45) is 16.7 Å². The number of piperidine rings is 1. The minimum Gasteiger partial charge on any atom is -0.481 e. The number of rotatable bonds is 3. The molecule has 0 aliphatic carbocycles. The van der Waals surface area contributed by atoms with E-state index in [9.17, 15) is 14.7 Å². The zero-order chi connectivity index (χ0) is 15.0. The van der Waals surface area contributed by atoms with Gasteiger partial charge < -0.3 is 15.3 Å². The van der Waals surface area contributed by atoms with Crippen LogP contribution in [0.15, 0.2) is 0 Å². The Labute approximate surface area is 120 Å².